The zero-order valence-electron chi connectivity index (χ0n) is 8.48. The van der Waals surface area contributed by atoms with E-state index in [1.54, 1.807) is 18.3 Å². The van der Waals surface area contributed by atoms with E-state index in [0.29, 0.717) is 27.4 Å². The Kier molecular flexibility index (Phi) is 2.53. The summed E-state index contributed by atoms with van der Waals surface area (Å²) < 4.78 is 10.5. The van der Waals surface area contributed by atoms with Crippen molar-refractivity contribution in [2.24, 2.45) is 0 Å². The second kappa shape index (κ2) is 4.05. The first-order valence-corrected chi connectivity index (χ1v) is 5.57. The van der Waals surface area contributed by atoms with Gasteiger partial charge < -0.3 is 9.47 Å². The molecule has 4 nitrogen and oxygen atoms in total. The summed E-state index contributed by atoms with van der Waals surface area (Å²) in [7, 11) is 0. The Labute approximate surface area is 107 Å². The summed E-state index contributed by atoms with van der Waals surface area (Å²) in [6.07, 6.45) is 3.10. The van der Waals surface area contributed by atoms with Gasteiger partial charge in [0.2, 0.25) is 6.79 Å². The Morgan fingerprint density at radius 1 is 1.06 bits per heavy atom. The average Bonchev–Trinajstić information content (AvgIpc) is 2.78. The van der Waals surface area contributed by atoms with E-state index >= 15 is 0 Å². The van der Waals surface area contributed by atoms with Crippen LogP contribution in [0.1, 0.15) is 0 Å². The van der Waals surface area contributed by atoms with Crippen molar-refractivity contribution < 1.29 is 9.47 Å². The van der Waals surface area contributed by atoms with E-state index < -0.39 is 0 Å². The van der Waals surface area contributed by atoms with Crippen LogP contribution in [0.25, 0.3) is 11.3 Å². The van der Waals surface area contributed by atoms with Crippen LogP contribution in [0.2, 0.25) is 10.2 Å². The third-order valence-corrected chi connectivity index (χ3v) is 2.91. The number of halogens is 2. The standard InChI is InChI=1S/C11H6Cl2N2O2/c12-7-3-6(4-8-10(7)17-5-16-8)9-11(13)15-2-1-14-9/h1-4H,5H2. The molecule has 2 aromatic rings. The van der Waals surface area contributed by atoms with Gasteiger partial charge in [-0.05, 0) is 12.1 Å². The highest BCUT2D eigenvalue weighted by atomic mass is 35.5. The van der Waals surface area contributed by atoms with Crippen LogP contribution in [-0.2, 0) is 0 Å². The number of aromatic nitrogens is 2. The molecule has 0 spiro atoms. The van der Waals surface area contributed by atoms with Crippen molar-refractivity contribution in [3.8, 4) is 22.8 Å². The molecule has 1 aromatic heterocycles. The molecule has 1 aliphatic heterocycles. The molecule has 3 rings (SSSR count). The summed E-state index contributed by atoms with van der Waals surface area (Å²) in [5.41, 5.74) is 1.31. The lowest BCUT2D eigenvalue weighted by Crippen LogP contribution is -1.93. The molecular weight excluding hydrogens is 263 g/mol. The van der Waals surface area contributed by atoms with E-state index in [-0.39, 0.29) is 6.79 Å². The molecule has 0 amide bonds. The SMILES string of the molecule is Clc1cc(-c2nccnc2Cl)cc2c1OCO2. The van der Waals surface area contributed by atoms with Crippen LogP contribution in [0.15, 0.2) is 24.5 Å². The second-order valence-corrected chi connectivity index (χ2v) is 4.15. The summed E-state index contributed by atoms with van der Waals surface area (Å²) in [4.78, 5) is 8.13. The van der Waals surface area contributed by atoms with Crippen LogP contribution < -0.4 is 9.47 Å². The molecule has 17 heavy (non-hydrogen) atoms. The molecule has 1 aromatic carbocycles. The highest BCUT2D eigenvalue weighted by Crippen LogP contribution is 2.42. The summed E-state index contributed by atoms with van der Waals surface area (Å²) in [6.45, 7) is 0.173. The van der Waals surface area contributed by atoms with E-state index in [2.05, 4.69) is 9.97 Å². The van der Waals surface area contributed by atoms with Gasteiger partial charge in [-0.15, -0.1) is 0 Å². The second-order valence-electron chi connectivity index (χ2n) is 3.39. The third kappa shape index (κ3) is 1.79. The first-order chi connectivity index (χ1) is 8.25. The quantitative estimate of drug-likeness (QED) is 0.797. The predicted molar refractivity (Wildman–Crippen MR) is 63.6 cm³/mol. The number of rotatable bonds is 1. The van der Waals surface area contributed by atoms with Crippen molar-refractivity contribution in [3.63, 3.8) is 0 Å². The fraction of sp³-hybridized carbons (Fsp3) is 0.0909. The maximum absolute atomic E-state index is 6.08. The molecule has 2 heterocycles. The van der Waals surface area contributed by atoms with Gasteiger partial charge in [-0.1, -0.05) is 23.2 Å². The lowest BCUT2D eigenvalue weighted by atomic mass is 10.1. The van der Waals surface area contributed by atoms with Crippen LogP contribution >= 0.6 is 23.2 Å². The van der Waals surface area contributed by atoms with Gasteiger partial charge in [0, 0.05) is 18.0 Å². The highest BCUT2D eigenvalue weighted by Gasteiger charge is 2.20. The van der Waals surface area contributed by atoms with Gasteiger partial charge in [0.05, 0.1) is 5.02 Å². The van der Waals surface area contributed by atoms with Gasteiger partial charge in [0.1, 0.15) is 5.69 Å². The van der Waals surface area contributed by atoms with E-state index in [1.165, 1.54) is 6.20 Å². The van der Waals surface area contributed by atoms with Crippen LogP contribution in [0, 0.1) is 0 Å². The lowest BCUT2D eigenvalue weighted by Gasteiger charge is -2.05. The number of fused-ring (bicyclic) bond motifs is 1. The van der Waals surface area contributed by atoms with Gasteiger partial charge in [0.25, 0.3) is 0 Å². The number of ether oxygens (including phenoxy) is 2. The third-order valence-electron chi connectivity index (χ3n) is 2.35. The fourth-order valence-corrected chi connectivity index (χ4v) is 2.10. The van der Waals surface area contributed by atoms with Crippen LogP contribution in [0.3, 0.4) is 0 Å². The minimum atomic E-state index is 0.173. The minimum Gasteiger partial charge on any atom is -0.454 e. The smallest absolute Gasteiger partial charge is 0.231 e. The Balaban J connectivity index is 2.17. The van der Waals surface area contributed by atoms with Crippen molar-refractivity contribution in [1.29, 1.82) is 0 Å². The normalized spacial score (nSPS) is 12.8. The molecule has 0 unspecified atom stereocenters. The van der Waals surface area contributed by atoms with Crippen molar-refractivity contribution in [1.82, 2.24) is 9.97 Å². The van der Waals surface area contributed by atoms with Crippen LogP contribution in [-0.4, -0.2) is 16.8 Å². The van der Waals surface area contributed by atoms with Crippen molar-refractivity contribution in [2.75, 3.05) is 6.79 Å². The van der Waals surface area contributed by atoms with Gasteiger partial charge >= 0.3 is 0 Å². The van der Waals surface area contributed by atoms with Crippen LogP contribution in [0.5, 0.6) is 11.5 Å². The van der Waals surface area contributed by atoms with Crippen molar-refractivity contribution in [2.45, 2.75) is 0 Å². The van der Waals surface area contributed by atoms with Crippen molar-refractivity contribution >= 4 is 23.2 Å². The van der Waals surface area contributed by atoms with Gasteiger partial charge in [-0.3, -0.25) is 4.98 Å². The molecular formula is C11H6Cl2N2O2. The molecule has 0 bridgehead atoms. The average molecular weight is 269 g/mol. The molecule has 0 atom stereocenters. The van der Waals surface area contributed by atoms with Gasteiger partial charge in [-0.25, -0.2) is 4.98 Å². The number of benzene rings is 1. The minimum absolute atomic E-state index is 0.173. The molecule has 0 N–H and O–H groups in total. The molecule has 0 radical (unpaired) electrons. The largest absolute Gasteiger partial charge is 0.454 e. The van der Waals surface area contributed by atoms with Gasteiger partial charge in [0.15, 0.2) is 16.7 Å². The summed E-state index contributed by atoms with van der Waals surface area (Å²) in [5, 5.41) is 0.791. The fourth-order valence-electron chi connectivity index (χ4n) is 1.62. The molecule has 6 heteroatoms. The topological polar surface area (TPSA) is 44.2 Å². The van der Waals surface area contributed by atoms with Crippen molar-refractivity contribution in [3.05, 3.63) is 34.7 Å². The number of hydrogen-bond acceptors (Lipinski definition) is 4. The molecule has 0 fully saturated rings. The Hall–Kier alpha value is -1.52. The van der Waals surface area contributed by atoms with E-state index in [0.717, 1.165) is 5.56 Å². The van der Waals surface area contributed by atoms with E-state index in [9.17, 15) is 0 Å². The molecule has 0 saturated heterocycles. The maximum atomic E-state index is 6.08. The summed E-state index contributed by atoms with van der Waals surface area (Å²) >= 11 is 12.1. The van der Waals surface area contributed by atoms with Crippen LogP contribution in [0.4, 0.5) is 0 Å². The zero-order chi connectivity index (χ0) is 11.8. The number of nitrogens with zero attached hydrogens (tertiary/aromatic N) is 2. The molecule has 86 valence electrons. The van der Waals surface area contributed by atoms with Gasteiger partial charge in [-0.2, -0.15) is 0 Å². The molecule has 1 aliphatic rings. The predicted octanol–water partition coefficient (Wildman–Crippen LogP) is 3.18. The molecule has 0 saturated carbocycles. The summed E-state index contributed by atoms with van der Waals surface area (Å²) in [5.74, 6) is 1.14. The monoisotopic (exact) mass is 268 g/mol. The first-order valence-electron chi connectivity index (χ1n) is 4.82. The lowest BCUT2D eigenvalue weighted by molar-refractivity contribution is 0.174. The van der Waals surface area contributed by atoms with E-state index in [1.807, 2.05) is 0 Å². The maximum Gasteiger partial charge on any atom is 0.231 e. The Morgan fingerprint density at radius 2 is 1.88 bits per heavy atom. The highest BCUT2D eigenvalue weighted by molar-refractivity contribution is 6.33. The summed E-state index contributed by atoms with van der Waals surface area (Å²) in [6, 6.07) is 3.51. The van der Waals surface area contributed by atoms with E-state index in [4.69, 9.17) is 32.7 Å². The first kappa shape index (κ1) is 10.6. The number of hydrogen-bond donors (Lipinski definition) is 0. The zero-order valence-corrected chi connectivity index (χ0v) is 10.00. The Bertz CT molecular complexity index is 590. The Morgan fingerprint density at radius 3 is 2.71 bits per heavy atom. The molecule has 0 aliphatic carbocycles.